The summed E-state index contributed by atoms with van der Waals surface area (Å²) in [5, 5.41) is 10.4. The molecule has 4 rings (SSSR count). The number of nitrogens with zero attached hydrogens (tertiary/aromatic N) is 1. The molecule has 2 heterocycles. The van der Waals surface area contributed by atoms with Crippen LogP contribution in [0.2, 0.25) is 5.02 Å². The lowest BCUT2D eigenvalue weighted by molar-refractivity contribution is 0.0934. The summed E-state index contributed by atoms with van der Waals surface area (Å²) in [5.74, 6) is 1.42. The summed E-state index contributed by atoms with van der Waals surface area (Å²) < 4.78 is 5.74. The molecule has 120 valence electrons. The van der Waals surface area contributed by atoms with Crippen molar-refractivity contribution in [2.75, 3.05) is 13.2 Å². The maximum absolute atomic E-state index is 12.3. The number of carbonyl (C=O) groups excluding carboxylic acids is 1. The monoisotopic (exact) mass is 331 g/mol. The molecule has 1 aliphatic heterocycles. The Morgan fingerprint density at radius 3 is 3.04 bits per heavy atom. The average Bonchev–Trinajstić information content (AvgIpc) is 3.35. The number of benzene rings is 1. The van der Waals surface area contributed by atoms with E-state index in [0.29, 0.717) is 29.8 Å². The fourth-order valence-corrected chi connectivity index (χ4v) is 3.30. The highest BCUT2D eigenvalue weighted by atomic mass is 35.5. The van der Waals surface area contributed by atoms with Gasteiger partial charge in [-0.1, -0.05) is 29.8 Å². The number of fused-ring (bicyclic) bond motifs is 1. The zero-order chi connectivity index (χ0) is 15.8. The van der Waals surface area contributed by atoms with E-state index >= 15 is 0 Å². The first kappa shape index (κ1) is 14.6. The summed E-state index contributed by atoms with van der Waals surface area (Å²) in [4.78, 5) is 12.3. The molecule has 0 saturated heterocycles. The van der Waals surface area contributed by atoms with Crippen LogP contribution in [0.3, 0.4) is 0 Å². The van der Waals surface area contributed by atoms with Gasteiger partial charge in [0, 0.05) is 18.4 Å². The van der Waals surface area contributed by atoms with Crippen LogP contribution in [-0.4, -0.2) is 29.3 Å². The molecule has 2 N–H and O–H groups in total. The molecule has 0 bridgehead atoms. The molecule has 2 aromatic rings. The van der Waals surface area contributed by atoms with Crippen LogP contribution < -0.4 is 10.1 Å². The van der Waals surface area contributed by atoms with Gasteiger partial charge in [-0.25, -0.2) is 0 Å². The molecule has 23 heavy (non-hydrogen) atoms. The number of halogens is 1. The molecule has 6 heteroatoms. The number of aromatic amines is 1. The van der Waals surface area contributed by atoms with Crippen molar-refractivity contribution in [3.05, 3.63) is 46.2 Å². The normalized spacial score (nSPS) is 19.8. The Hall–Kier alpha value is -2.01. The van der Waals surface area contributed by atoms with Crippen molar-refractivity contribution in [1.29, 1.82) is 0 Å². The number of aromatic nitrogens is 2. The predicted molar refractivity (Wildman–Crippen MR) is 87.0 cm³/mol. The summed E-state index contributed by atoms with van der Waals surface area (Å²) in [7, 11) is 0. The molecule has 1 aromatic carbocycles. The fourth-order valence-electron chi connectivity index (χ4n) is 2.98. The smallest absolute Gasteiger partial charge is 0.273 e. The van der Waals surface area contributed by atoms with Crippen molar-refractivity contribution in [2.45, 2.75) is 25.2 Å². The van der Waals surface area contributed by atoms with Crippen molar-refractivity contribution in [3.63, 3.8) is 0 Å². The van der Waals surface area contributed by atoms with E-state index in [1.807, 2.05) is 18.2 Å². The lowest BCUT2D eigenvalue weighted by atomic mass is 9.97. The number of nitrogens with one attached hydrogen (secondary N) is 2. The number of hydrogen-bond donors (Lipinski definition) is 2. The van der Waals surface area contributed by atoms with E-state index in [9.17, 15) is 4.79 Å². The van der Waals surface area contributed by atoms with Gasteiger partial charge in [-0.2, -0.15) is 5.10 Å². The van der Waals surface area contributed by atoms with E-state index in [-0.39, 0.29) is 11.8 Å². The molecule has 0 radical (unpaired) electrons. The second-order valence-electron chi connectivity index (χ2n) is 6.27. The fraction of sp³-hybridized carbons (Fsp3) is 0.412. The maximum atomic E-state index is 12.3. The van der Waals surface area contributed by atoms with Crippen LogP contribution in [0.5, 0.6) is 5.75 Å². The number of rotatable bonds is 4. The highest BCUT2D eigenvalue weighted by Crippen LogP contribution is 2.42. The Balaban J connectivity index is 1.37. The number of hydrogen-bond acceptors (Lipinski definition) is 3. The van der Waals surface area contributed by atoms with Crippen LogP contribution in [0.15, 0.2) is 24.3 Å². The SMILES string of the molecule is O=C(NC[C@@H]1COc2ccccc2C1)c1n[nH]c(C2CC2)c1Cl. The minimum Gasteiger partial charge on any atom is -0.493 e. The molecule has 5 nitrogen and oxygen atoms in total. The van der Waals surface area contributed by atoms with Crippen LogP contribution in [0.4, 0.5) is 0 Å². The molecular weight excluding hydrogens is 314 g/mol. The first-order valence-electron chi connectivity index (χ1n) is 7.95. The molecular formula is C17H18ClN3O2. The van der Waals surface area contributed by atoms with Gasteiger partial charge in [0.15, 0.2) is 5.69 Å². The van der Waals surface area contributed by atoms with Crippen molar-refractivity contribution < 1.29 is 9.53 Å². The van der Waals surface area contributed by atoms with Gasteiger partial charge < -0.3 is 10.1 Å². The average molecular weight is 332 g/mol. The summed E-state index contributed by atoms with van der Waals surface area (Å²) in [6.07, 6.45) is 3.13. The van der Waals surface area contributed by atoms with E-state index in [2.05, 4.69) is 21.6 Å². The van der Waals surface area contributed by atoms with Crippen molar-refractivity contribution in [3.8, 4) is 5.75 Å². The Morgan fingerprint density at radius 1 is 1.39 bits per heavy atom. The molecule has 1 saturated carbocycles. The topological polar surface area (TPSA) is 67.0 Å². The summed E-state index contributed by atoms with van der Waals surface area (Å²) >= 11 is 6.26. The van der Waals surface area contributed by atoms with Gasteiger partial charge in [0.2, 0.25) is 0 Å². The van der Waals surface area contributed by atoms with E-state index in [1.165, 1.54) is 5.56 Å². The van der Waals surface area contributed by atoms with Crippen LogP contribution in [0, 0.1) is 5.92 Å². The van der Waals surface area contributed by atoms with E-state index in [0.717, 1.165) is 30.7 Å². The van der Waals surface area contributed by atoms with Crippen LogP contribution in [0.1, 0.15) is 40.5 Å². The van der Waals surface area contributed by atoms with Gasteiger partial charge in [-0.3, -0.25) is 9.89 Å². The van der Waals surface area contributed by atoms with Crippen molar-refractivity contribution >= 4 is 17.5 Å². The van der Waals surface area contributed by atoms with Crippen molar-refractivity contribution in [2.24, 2.45) is 5.92 Å². The Kier molecular flexibility index (Phi) is 3.73. The minimum absolute atomic E-state index is 0.225. The molecule has 1 amide bonds. The molecule has 0 unspecified atom stereocenters. The minimum atomic E-state index is -0.225. The van der Waals surface area contributed by atoms with E-state index < -0.39 is 0 Å². The van der Waals surface area contributed by atoms with Gasteiger partial charge in [0.05, 0.1) is 17.3 Å². The summed E-state index contributed by atoms with van der Waals surface area (Å²) in [6, 6.07) is 8.02. The van der Waals surface area contributed by atoms with Crippen molar-refractivity contribution in [1.82, 2.24) is 15.5 Å². The van der Waals surface area contributed by atoms with Gasteiger partial charge >= 0.3 is 0 Å². The van der Waals surface area contributed by atoms with Gasteiger partial charge in [0.25, 0.3) is 5.91 Å². The number of ether oxygens (including phenoxy) is 1. The quantitative estimate of drug-likeness (QED) is 0.905. The second-order valence-corrected chi connectivity index (χ2v) is 6.65. The van der Waals surface area contributed by atoms with Crippen LogP contribution in [-0.2, 0) is 6.42 Å². The molecule has 1 atom stereocenters. The highest BCUT2D eigenvalue weighted by Gasteiger charge is 2.31. The molecule has 0 spiro atoms. The summed E-state index contributed by atoms with van der Waals surface area (Å²) in [6.45, 7) is 1.16. The molecule has 1 aromatic heterocycles. The Bertz CT molecular complexity index is 739. The Morgan fingerprint density at radius 2 is 2.22 bits per heavy atom. The number of H-pyrrole nitrogens is 1. The number of para-hydroxylation sites is 1. The first-order chi connectivity index (χ1) is 11.2. The largest absolute Gasteiger partial charge is 0.493 e. The van der Waals surface area contributed by atoms with Crippen LogP contribution in [0.25, 0.3) is 0 Å². The standard InChI is InChI=1S/C17H18ClN3O2/c18-14-15(11-5-6-11)20-21-16(14)17(22)19-8-10-7-12-3-1-2-4-13(12)23-9-10/h1-4,10-11H,5-9H2,(H,19,22)(H,20,21)/t10-/m1/s1. The van der Waals surface area contributed by atoms with Crippen LogP contribution >= 0.6 is 11.6 Å². The van der Waals surface area contributed by atoms with E-state index in [1.54, 1.807) is 0 Å². The lowest BCUT2D eigenvalue weighted by Gasteiger charge is -2.25. The zero-order valence-corrected chi connectivity index (χ0v) is 13.4. The predicted octanol–water partition coefficient (Wildman–Crippen LogP) is 2.92. The van der Waals surface area contributed by atoms with Gasteiger partial charge in [-0.15, -0.1) is 0 Å². The summed E-state index contributed by atoms with van der Waals surface area (Å²) in [5.41, 5.74) is 2.38. The third kappa shape index (κ3) is 2.93. The lowest BCUT2D eigenvalue weighted by Crippen LogP contribution is -2.35. The highest BCUT2D eigenvalue weighted by molar-refractivity contribution is 6.34. The van der Waals surface area contributed by atoms with Gasteiger partial charge in [-0.05, 0) is 30.9 Å². The molecule has 2 aliphatic rings. The Labute approximate surface area is 139 Å². The molecule has 1 aliphatic carbocycles. The third-order valence-electron chi connectivity index (χ3n) is 4.44. The zero-order valence-electron chi connectivity index (χ0n) is 12.6. The van der Waals surface area contributed by atoms with Gasteiger partial charge in [0.1, 0.15) is 5.75 Å². The molecule has 1 fully saturated rings. The number of carbonyl (C=O) groups is 1. The third-order valence-corrected chi connectivity index (χ3v) is 4.82. The second kappa shape index (κ2) is 5.89. The first-order valence-corrected chi connectivity index (χ1v) is 8.33. The number of amides is 1. The van der Waals surface area contributed by atoms with E-state index in [4.69, 9.17) is 16.3 Å². The maximum Gasteiger partial charge on any atom is 0.273 e.